The van der Waals surface area contributed by atoms with Crippen LogP contribution in [0.25, 0.3) is 0 Å². The van der Waals surface area contributed by atoms with Crippen molar-refractivity contribution < 1.29 is 4.74 Å². The third kappa shape index (κ3) is 75.6. The summed E-state index contributed by atoms with van der Waals surface area (Å²) < 4.78 is 4.57. The summed E-state index contributed by atoms with van der Waals surface area (Å²) in [6, 6.07) is 0. The highest BCUT2D eigenvalue weighted by atomic mass is 16.5. The molecule has 0 saturated carbocycles. The SMILES string of the molecule is C/C=C(C)\C=C/CN.CC.CC.CC.COCCN. The summed E-state index contributed by atoms with van der Waals surface area (Å²) in [7, 11) is 1.63. The first-order valence-corrected chi connectivity index (χ1v) is 7.41. The normalized spacial score (nSPS) is 8.68. The van der Waals surface area contributed by atoms with Crippen LogP contribution in [0.2, 0.25) is 0 Å². The van der Waals surface area contributed by atoms with E-state index in [-0.39, 0.29) is 0 Å². The van der Waals surface area contributed by atoms with Crippen LogP contribution in [0, 0.1) is 0 Å². The van der Waals surface area contributed by atoms with Gasteiger partial charge in [-0.3, -0.25) is 0 Å². The van der Waals surface area contributed by atoms with Crippen molar-refractivity contribution in [2.45, 2.75) is 55.4 Å². The van der Waals surface area contributed by atoms with Gasteiger partial charge in [0.1, 0.15) is 0 Å². The van der Waals surface area contributed by atoms with E-state index in [9.17, 15) is 0 Å². The quantitative estimate of drug-likeness (QED) is 0.759. The Kier molecular flexibility index (Phi) is 86.5. The molecule has 0 aromatic heterocycles. The van der Waals surface area contributed by atoms with Gasteiger partial charge >= 0.3 is 0 Å². The maximum atomic E-state index is 5.22. The second-order valence-corrected chi connectivity index (χ2v) is 2.45. The first-order valence-electron chi connectivity index (χ1n) is 7.41. The molecule has 0 unspecified atom stereocenters. The fourth-order valence-corrected chi connectivity index (χ4v) is 0.468. The van der Waals surface area contributed by atoms with E-state index in [2.05, 4.69) is 4.74 Å². The van der Waals surface area contributed by atoms with Crippen LogP contribution in [0.5, 0.6) is 0 Å². The Balaban J connectivity index is -0.0000000513. The van der Waals surface area contributed by atoms with Gasteiger partial charge in [0.25, 0.3) is 0 Å². The molecule has 0 saturated heterocycles. The van der Waals surface area contributed by atoms with Crippen molar-refractivity contribution in [3.8, 4) is 0 Å². The van der Waals surface area contributed by atoms with Crippen molar-refractivity contribution in [1.29, 1.82) is 0 Å². The number of nitrogens with two attached hydrogens (primary N) is 2. The van der Waals surface area contributed by atoms with Crippen molar-refractivity contribution in [3.63, 3.8) is 0 Å². The number of methoxy groups -OCH3 is 1. The molecule has 0 radical (unpaired) electrons. The largest absolute Gasteiger partial charge is 0.383 e. The molecule has 0 amide bonds. The Labute approximate surface area is 123 Å². The van der Waals surface area contributed by atoms with Gasteiger partial charge in [-0.1, -0.05) is 65.3 Å². The predicted molar refractivity (Wildman–Crippen MR) is 92.6 cm³/mol. The summed E-state index contributed by atoms with van der Waals surface area (Å²) in [4.78, 5) is 0. The molecule has 3 nitrogen and oxygen atoms in total. The third-order valence-corrected chi connectivity index (χ3v) is 1.29. The van der Waals surface area contributed by atoms with Gasteiger partial charge in [0, 0.05) is 20.2 Å². The molecule has 0 aromatic carbocycles. The van der Waals surface area contributed by atoms with Gasteiger partial charge in [-0.15, -0.1) is 0 Å². The average molecular weight is 277 g/mol. The van der Waals surface area contributed by atoms with E-state index in [1.807, 2.05) is 73.6 Å². The highest BCUT2D eigenvalue weighted by molar-refractivity contribution is 5.14. The number of hydrogen-bond donors (Lipinski definition) is 2. The van der Waals surface area contributed by atoms with Crippen LogP contribution >= 0.6 is 0 Å². The molecule has 3 heteroatoms. The topological polar surface area (TPSA) is 61.3 Å². The molecule has 0 atom stereocenters. The highest BCUT2D eigenvalue weighted by Gasteiger charge is 1.72. The Morgan fingerprint density at radius 2 is 1.42 bits per heavy atom. The van der Waals surface area contributed by atoms with E-state index >= 15 is 0 Å². The zero-order valence-electron chi connectivity index (χ0n) is 14.9. The van der Waals surface area contributed by atoms with Gasteiger partial charge in [-0.25, -0.2) is 0 Å². The lowest BCUT2D eigenvalue weighted by atomic mass is 10.3. The fraction of sp³-hybridized carbons (Fsp3) is 0.750. The van der Waals surface area contributed by atoms with Gasteiger partial charge in [0.2, 0.25) is 0 Å². The lowest BCUT2D eigenvalue weighted by Gasteiger charge is -1.85. The summed E-state index contributed by atoms with van der Waals surface area (Å²) in [5.74, 6) is 0. The van der Waals surface area contributed by atoms with E-state index in [0.29, 0.717) is 19.7 Å². The molecule has 0 aromatic rings. The first-order chi connectivity index (χ1) is 9.22. The van der Waals surface area contributed by atoms with Gasteiger partial charge in [-0.05, 0) is 13.8 Å². The zero-order valence-corrected chi connectivity index (χ0v) is 14.9. The number of rotatable bonds is 4. The number of allylic oxidation sites excluding steroid dienone is 3. The highest BCUT2D eigenvalue weighted by Crippen LogP contribution is 1.91. The molecule has 0 aliphatic rings. The van der Waals surface area contributed by atoms with Gasteiger partial charge in [-0.2, -0.15) is 0 Å². The Hall–Kier alpha value is -0.640. The van der Waals surface area contributed by atoms with E-state index in [1.165, 1.54) is 5.57 Å². The molecule has 0 bridgehead atoms. The van der Waals surface area contributed by atoms with E-state index < -0.39 is 0 Å². The second-order valence-electron chi connectivity index (χ2n) is 2.45. The molecular formula is C16H40N2O. The first kappa shape index (κ1) is 31.0. The number of hydrogen-bond acceptors (Lipinski definition) is 3. The lowest BCUT2D eigenvalue weighted by molar-refractivity contribution is 0.207. The fourth-order valence-electron chi connectivity index (χ4n) is 0.468. The van der Waals surface area contributed by atoms with Crippen molar-refractivity contribution >= 4 is 0 Å². The minimum Gasteiger partial charge on any atom is -0.383 e. The summed E-state index contributed by atoms with van der Waals surface area (Å²) >= 11 is 0. The summed E-state index contributed by atoms with van der Waals surface area (Å²) in [5, 5.41) is 0. The Morgan fingerprint density at radius 3 is 1.58 bits per heavy atom. The molecule has 19 heavy (non-hydrogen) atoms. The monoisotopic (exact) mass is 276 g/mol. The van der Waals surface area contributed by atoms with Crippen LogP contribution in [0.4, 0.5) is 0 Å². The zero-order chi connectivity index (χ0) is 16.5. The van der Waals surface area contributed by atoms with Crippen LogP contribution in [0.15, 0.2) is 23.8 Å². The van der Waals surface area contributed by atoms with Crippen LogP contribution < -0.4 is 11.5 Å². The molecule has 120 valence electrons. The van der Waals surface area contributed by atoms with Crippen LogP contribution in [-0.4, -0.2) is 26.8 Å². The molecule has 0 fully saturated rings. The van der Waals surface area contributed by atoms with E-state index in [4.69, 9.17) is 11.5 Å². The van der Waals surface area contributed by atoms with E-state index in [0.717, 1.165) is 0 Å². The van der Waals surface area contributed by atoms with Gasteiger partial charge in [0.15, 0.2) is 0 Å². The Morgan fingerprint density at radius 1 is 1.00 bits per heavy atom. The minimum atomic E-state index is 0.622. The third-order valence-electron chi connectivity index (χ3n) is 1.29. The number of ether oxygens (including phenoxy) is 1. The summed E-state index contributed by atoms with van der Waals surface area (Å²) in [6.07, 6.45) is 6.00. The van der Waals surface area contributed by atoms with Gasteiger partial charge in [0.05, 0.1) is 6.61 Å². The van der Waals surface area contributed by atoms with Crippen LogP contribution in [0.1, 0.15) is 55.4 Å². The van der Waals surface area contributed by atoms with E-state index in [1.54, 1.807) is 7.11 Å². The lowest BCUT2D eigenvalue weighted by Crippen LogP contribution is -2.05. The predicted octanol–water partition coefficient (Wildman–Crippen LogP) is 4.14. The second kappa shape index (κ2) is 53.0. The van der Waals surface area contributed by atoms with Crippen molar-refractivity contribution in [3.05, 3.63) is 23.8 Å². The van der Waals surface area contributed by atoms with Gasteiger partial charge < -0.3 is 16.2 Å². The van der Waals surface area contributed by atoms with Crippen LogP contribution in [-0.2, 0) is 4.74 Å². The molecule has 0 heterocycles. The standard InChI is InChI=1S/C7H13N.C3H9NO.3C2H6/c1-3-7(2)5-4-6-8;1-5-3-2-4;3*1-2/h3-5H,6,8H2,1-2H3;2-4H2,1H3;3*1-2H3/b5-4-,7-3-;;;;. The molecular weight excluding hydrogens is 236 g/mol. The van der Waals surface area contributed by atoms with Crippen molar-refractivity contribution in [2.75, 3.05) is 26.8 Å². The molecule has 0 spiro atoms. The maximum absolute atomic E-state index is 5.22. The summed E-state index contributed by atoms with van der Waals surface area (Å²) in [5.41, 5.74) is 11.5. The van der Waals surface area contributed by atoms with Crippen molar-refractivity contribution in [1.82, 2.24) is 0 Å². The molecule has 4 N–H and O–H groups in total. The molecule has 0 aliphatic carbocycles. The minimum absolute atomic E-state index is 0.622. The van der Waals surface area contributed by atoms with Crippen LogP contribution in [0.3, 0.4) is 0 Å². The average Bonchev–Trinajstić information content (AvgIpc) is 2.52. The molecule has 0 aliphatic heterocycles. The maximum Gasteiger partial charge on any atom is 0.0584 e. The smallest absolute Gasteiger partial charge is 0.0584 e. The Bertz CT molecular complexity index is 142. The van der Waals surface area contributed by atoms with Crippen molar-refractivity contribution in [2.24, 2.45) is 11.5 Å². The molecule has 0 rings (SSSR count). The summed E-state index contributed by atoms with van der Waals surface area (Å²) in [6.45, 7) is 18.0.